The quantitative estimate of drug-likeness (QED) is 0.703. The molecular formula is C24H35N5O2. The number of ether oxygens (including phenoxy) is 1. The molecule has 0 aromatic carbocycles. The Morgan fingerprint density at radius 2 is 2.13 bits per heavy atom. The first-order valence-electron chi connectivity index (χ1n) is 11.8. The largest absolute Gasteiger partial charge is 0.381 e. The highest BCUT2D eigenvalue weighted by Crippen LogP contribution is 2.27. The topological polar surface area (TPSA) is 72.3 Å². The van der Waals surface area contributed by atoms with Crippen molar-refractivity contribution >= 4 is 5.91 Å². The smallest absolute Gasteiger partial charge is 0.253 e. The van der Waals surface area contributed by atoms with E-state index in [9.17, 15) is 4.79 Å². The van der Waals surface area contributed by atoms with E-state index < -0.39 is 0 Å². The molecule has 0 bridgehead atoms. The fraction of sp³-hybridized carbons (Fsp3) is 0.625. The highest BCUT2D eigenvalue weighted by Gasteiger charge is 2.30. The minimum absolute atomic E-state index is 0.0190. The lowest BCUT2D eigenvalue weighted by Gasteiger charge is -2.39. The summed E-state index contributed by atoms with van der Waals surface area (Å²) in [6.45, 7) is 7.10. The summed E-state index contributed by atoms with van der Waals surface area (Å²) in [4.78, 5) is 24.0. The summed E-state index contributed by atoms with van der Waals surface area (Å²) < 4.78 is 7.50. The molecular weight excluding hydrogens is 390 g/mol. The van der Waals surface area contributed by atoms with Crippen LogP contribution in [-0.2, 0) is 4.74 Å². The number of amides is 1. The summed E-state index contributed by atoms with van der Waals surface area (Å²) in [7, 11) is 0. The monoisotopic (exact) mass is 425 g/mol. The van der Waals surface area contributed by atoms with Gasteiger partial charge in [-0.1, -0.05) is 12.8 Å². The first-order valence-corrected chi connectivity index (χ1v) is 11.8. The lowest BCUT2D eigenvalue weighted by atomic mass is 9.83. The van der Waals surface area contributed by atoms with Crippen LogP contribution in [0.3, 0.4) is 0 Å². The Labute approximate surface area is 185 Å². The highest BCUT2D eigenvalue weighted by atomic mass is 16.5. The van der Waals surface area contributed by atoms with Crippen LogP contribution in [0.1, 0.15) is 55.8 Å². The average molecular weight is 426 g/mol. The lowest BCUT2D eigenvalue weighted by Crippen LogP contribution is -2.48. The lowest BCUT2D eigenvalue weighted by molar-refractivity contribution is 0.0548. The van der Waals surface area contributed by atoms with Gasteiger partial charge in [-0.25, -0.2) is 9.97 Å². The van der Waals surface area contributed by atoms with E-state index in [4.69, 9.17) is 4.74 Å². The average Bonchev–Trinajstić information content (AvgIpc) is 3.34. The van der Waals surface area contributed by atoms with E-state index in [2.05, 4.69) is 27.1 Å². The van der Waals surface area contributed by atoms with Crippen LogP contribution in [0.25, 0.3) is 5.82 Å². The van der Waals surface area contributed by atoms with Gasteiger partial charge in [-0.05, 0) is 63.1 Å². The van der Waals surface area contributed by atoms with Gasteiger partial charge in [0.25, 0.3) is 5.91 Å². The van der Waals surface area contributed by atoms with Gasteiger partial charge in [-0.2, -0.15) is 0 Å². The fourth-order valence-corrected chi connectivity index (χ4v) is 5.00. The van der Waals surface area contributed by atoms with Crippen LogP contribution in [0.4, 0.5) is 0 Å². The van der Waals surface area contributed by atoms with Crippen LogP contribution >= 0.6 is 0 Å². The molecule has 2 fully saturated rings. The number of pyridine rings is 1. The van der Waals surface area contributed by atoms with Crippen molar-refractivity contribution in [3.05, 3.63) is 42.6 Å². The molecule has 2 aliphatic rings. The van der Waals surface area contributed by atoms with Crippen molar-refractivity contribution in [1.82, 2.24) is 24.8 Å². The Morgan fingerprint density at radius 1 is 1.23 bits per heavy atom. The van der Waals surface area contributed by atoms with Crippen molar-refractivity contribution in [3.8, 4) is 5.82 Å². The maximum atomic E-state index is 12.9. The van der Waals surface area contributed by atoms with E-state index in [0.29, 0.717) is 17.4 Å². The van der Waals surface area contributed by atoms with Crippen LogP contribution in [-0.4, -0.2) is 64.2 Å². The minimum Gasteiger partial charge on any atom is -0.381 e. The molecule has 1 saturated carbocycles. The van der Waals surface area contributed by atoms with Crippen molar-refractivity contribution < 1.29 is 9.53 Å². The number of nitrogens with zero attached hydrogens (tertiary/aromatic N) is 4. The van der Waals surface area contributed by atoms with Gasteiger partial charge in [-0.15, -0.1) is 0 Å². The first kappa shape index (κ1) is 22.0. The summed E-state index contributed by atoms with van der Waals surface area (Å²) in [5, 5.41) is 3.33. The Hall–Kier alpha value is -2.25. The van der Waals surface area contributed by atoms with Crippen molar-refractivity contribution in [2.24, 2.45) is 11.8 Å². The Balaban J connectivity index is 1.33. The fourth-order valence-electron chi connectivity index (χ4n) is 5.00. The number of carbonyl (C=O) groups excluding carboxylic acids is 1. The molecule has 1 aliphatic heterocycles. The van der Waals surface area contributed by atoms with Crippen molar-refractivity contribution in [3.63, 3.8) is 0 Å². The maximum Gasteiger partial charge on any atom is 0.253 e. The third kappa shape index (κ3) is 5.92. The van der Waals surface area contributed by atoms with E-state index in [0.717, 1.165) is 38.5 Å². The molecule has 3 heterocycles. The van der Waals surface area contributed by atoms with Crippen LogP contribution in [0, 0.1) is 11.8 Å². The van der Waals surface area contributed by atoms with Gasteiger partial charge in [0.2, 0.25) is 0 Å². The zero-order valence-electron chi connectivity index (χ0n) is 18.6. The highest BCUT2D eigenvalue weighted by molar-refractivity contribution is 5.94. The third-order valence-corrected chi connectivity index (χ3v) is 6.66. The molecule has 7 nitrogen and oxygen atoms in total. The molecule has 1 aliphatic carbocycles. The number of aromatic nitrogens is 3. The zero-order chi connectivity index (χ0) is 21.5. The number of imidazole rings is 1. The Morgan fingerprint density at radius 3 is 2.90 bits per heavy atom. The van der Waals surface area contributed by atoms with Crippen LogP contribution in [0.15, 0.2) is 37.1 Å². The number of carbonyl (C=O) groups is 1. The number of hydrogen-bond acceptors (Lipinski definition) is 5. The van der Waals surface area contributed by atoms with Gasteiger partial charge >= 0.3 is 0 Å². The molecule has 168 valence electrons. The van der Waals surface area contributed by atoms with E-state index in [1.807, 2.05) is 22.9 Å². The van der Waals surface area contributed by atoms with Crippen LogP contribution in [0.2, 0.25) is 0 Å². The Kier molecular flexibility index (Phi) is 7.70. The molecule has 2 aromatic heterocycles. The van der Waals surface area contributed by atoms with Crippen LogP contribution in [0.5, 0.6) is 0 Å². The van der Waals surface area contributed by atoms with Gasteiger partial charge < -0.3 is 15.0 Å². The number of piperidine rings is 1. The number of hydrogen-bond donors (Lipinski definition) is 1. The van der Waals surface area contributed by atoms with Gasteiger partial charge in [0.1, 0.15) is 12.1 Å². The molecule has 0 radical (unpaired) electrons. The summed E-state index contributed by atoms with van der Waals surface area (Å²) in [6.07, 6.45) is 14.1. The third-order valence-electron chi connectivity index (χ3n) is 6.66. The second-order valence-corrected chi connectivity index (χ2v) is 8.93. The maximum absolute atomic E-state index is 12.9. The molecule has 1 N–H and O–H groups in total. The summed E-state index contributed by atoms with van der Waals surface area (Å²) in [5.74, 6) is 1.90. The summed E-state index contributed by atoms with van der Waals surface area (Å²) in [6, 6.07) is 3.95. The normalized spacial score (nSPS) is 24.7. The molecule has 31 heavy (non-hydrogen) atoms. The predicted molar refractivity (Wildman–Crippen MR) is 120 cm³/mol. The zero-order valence-corrected chi connectivity index (χ0v) is 18.6. The first-order chi connectivity index (χ1) is 15.2. The molecule has 1 unspecified atom stereocenters. The van der Waals surface area contributed by atoms with Crippen molar-refractivity contribution in [1.29, 1.82) is 0 Å². The van der Waals surface area contributed by atoms with E-state index >= 15 is 0 Å². The van der Waals surface area contributed by atoms with E-state index in [1.165, 1.54) is 38.6 Å². The Bertz CT molecular complexity index is 808. The second kappa shape index (κ2) is 10.9. The van der Waals surface area contributed by atoms with Gasteiger partial charge in [0.15, 0.2) is 0 Å². The van der Waals surface area contributed by atoms with Crippen LogP contribution < -0.4 is 5.32 Å². The molecule has 1 amide bonds. The van der Waals surface area contributed by atoms with Gasteiger partial charge in [0.05, 0.1) is 12.2 Å². The SMILES string of the molecule is CCOCC1CCCN(C[C@@H]2CCCC[C@H]2NC(=O)c2ccc(-n3ccnc3)nc2)C1. The predicted octanol–water partition coefficient (Wildman–Crippen LogP) is 3.30. The van der Waals surface area contributed by atoms with Gasteiger partial charge in [0, 0.05) is 44.3 Å². The minimum atomic E-state index is -0.0190. The molecule has 0 spiro atoms. The summed E-state index contributed by atoms with van der Waals surface area (Å²) in [5.41, 5.74) is 0.614. The molecule has 1 saturated heterocycles. The van der Waals surface area contributed by atoms with E-state index in [1.54, 1.807) is 18.7 Å². The number of nitrogens with one attached hydrogen (secondary N) is 1. The second-order valence-electron chi connectivity index (χ2n) is 8.93. The standard InChI is InChI=1S/C24H35N5O2/c1-2-31-17-19-6-5-12-28(15-19)16-21-7-3-4-8-22(21)27-24(30)20-9-10-23(26-14-20)29-13-11-25-18-29/h9-11,13-14,18-19,21-22H,2-8,12,15-17H2,1H3,(H,27,30)/t19?,21-,22+/m0/s1. The molecule has 4 rings (SSSR count). The van der Waals surface area contributed by atoms with Gasteiger partial charge in [-0.3, -0.25) is 9.36 Å². The molecule has 3 atom stereocenters. The number of likely N-dealkylation sites (tertiary alicyclic amines) is 1. The molecule has 7 heteroatoms. The van der Waals surface area contributed by atoms with E-state index in [-0.39, 0.29) is 11.9 Å². The van der Waals surface area contributed by atoms with Crippen molar-refractivity contribution in [2.45, 2.75) is 51.5 Å². The van der Waals surface area contributed by atoms with Crippen molar-refractivity contribution in [2.75, 3.05) is 32.8 Å². The number of rotatable bonds is 8. The molecule has 2 aromatic rings. The summed E-state index contributed by atoms with van der Waals surface area (Å²) >= 11 is 0.